The van der Waals surface area contributed by atoms with Gasteiger partial charge in [0, 0.05) is 51.2 Å². The van der Waals surface area contributed by atoms with E-state index in [1.54, 1.807) is 27.8 Å². The summed E-state index contributed by atoms with van der Waals surface area (Å²) in [5.74, 6) is 0.783. The molecule has 2 aliphatic rings. The molecule has 1 aliphatic heterocycles. The average molecular weight is 476 g/mol. The minimum absolute atomic E-state index is 0.116. The number of carbonyl (C=O) groups excluding carboxylic acids is 1. The van der Waals surface area contributed by atoms with Crippen LogP contribution in [0.5, 0.6) is 0 Å². The fraction of sp³-hybridized carbons (Fsp3) is 0.652. The van der Waals surface area contributed by atoms with E-state index in [1.807, 2.05) is 38.9 Å². The lowest BCUT2D eigenvalue weighted by Gasteiger charge is -2.41. The Kier molecular flexibility index (Phi) is 6.44. The molecule has 180 valence electrons. The van der Waals surface area contributed by atoms with Gasteiger partial charge in [0.1, 0.15) is 17.6 Å². The van der Waals surface area contributed by atoms with E-state index in [2.05, 4.69) is 27.0 Å². The third-order valence-corrected chi connectivity index (χ3v) is 7.05. The van der Waals surface area contributed by atoms with Crippen molar-refractivity contribution in [3.63, 3.8) is 0 Å². The lowest BCUT2D eigenvalue weighted by molar-refractivity contribution is 0.00477. The maximum atomic E-state index is 12.7. The molecule has 4 rings (SSSR count). The number of rotatable bonds is 4. The van der Waals surface area contributed by atoms with Crippen molar-refractivity contribution in [1.29, 1.82) is 0 Å². The number of halogens is 1. The highest BCUT2D eigenvalue weighted by Gasteiger charge is 2.45. The number of likely N-dealkylation sites (tertiary alicyclic amines) is 1. The molecule has 3 heterocycles. The molecule has 2 fully saturated rings. The zero-order chi connectivity index (χ0) is 23.8. The third-order valence-electron chi connectivity index (χ3n) is 6.67. The van der Waals surface area contributed by atoms with E-state index in [9.17, 15) is 4.79 Å². The van der Waals surface area contributed by atoms with Gasteiger partial charge in [-0.25, -0.2) is 19.2 Å². The van der Waals surface area contributed by atoms with Gasteiger partial charge < -0.3 is 14.5 Å². The van der Waals surface area contributed by atoms with Crippen LogP contribution in [0.3, 0.4) is 0 Å². The fourth-order valence-corrected chi connectivity index (χ4v) is 5.32. The van der Waals surface area contributed by atoms with Crippen molar-refractivity contribution in [1.82, 2.24) is 24.6 Å². The van der Waals surface area contributed by atoms with Crippen LogP contribution in [0, 0.1) is 5.41 Å². The second-order valence-electron chi connectivity index (χ2n) is 10.4. The van der Waals surface area contributed by atoms with Gasteiger partial charge in [0.2, 0.25) is 0 Å². The van der Waals surface area contributed by atoms with Crippen molar-refractivity contribution in [2.24, 2.45) is 12.5 Å². The summed E-state index contributed by atoms with van der Waals surface area (Å²) < 4.78 is 8.90. The molecule has 0 N–H and O–H groups in total. The van der Waals surface area contributed by atoms with E-state index in [1.165, 1.54) is 0 Å². The first-order valence-corrected chi connectivity index (χ1v) is 11.9. The third kappa shape index (κ3) is 5.18. The van der Waals surface area contributed by atoms with Crippen LogP contribution < -0.4 is 9.32 Å². The molecule has 0 bridgehead atoms. The van der Waals surface area contributed by atoms with Crippen LogP contribution >= 0.6 is 11.8 Å². The summed E-state index contributed by atoms with van der Waals surface area (Å²) in [6.45, 7) is 7.25. The monoisotopic (exact) mass is 475 g/mol. The number of piperidine rings is 1. The van der Waals surface area contributed by atoms with Crippen molar-refractivity contribution in [2.75, 3.05) is 29.5 Å². The summed E-state index contributed by atoms with van der Waals surface area (Å²) in [5.41, 5.74) is 1.11. The molecule has 0 radical (unpaired) electrons. The molecule has 1 spiro atoms. The van der Waals surface area contributed by atoms with Gasteiger partial charge in [-0.05, 0) is 58.3 Å². The van der Waals surface area contributed by atoms with Gasteiger partial charge in [0.25, 0.3) is 0 Å². The first-order chi connectivity index (χ1) is 15.6. The molecule has 1 saturated carbocycles. The lowest BCUT2D eigenvalue weighted by Crippen LogP contribution is -2.47. The maximum Gasteiger partial charge on any atom is 0.410 e. The Hall–Kier alpha value is -2.55. The quantitative estimate of drug-likeness (QED) is 0.602. The van der Waals surface area contributed by atoms with Crippen molar-refractivity contribution in [3.8, 4) is 0 Å². The number of amides is 1. The molecule has 33 heavy (non-hydrogen) atoms. The Morgan fingerprint density at radius 3 is 2.79 bits per heavy atom. The minimum atomic E-state index is -0.481. The van der Waals surface area contributed by atoms with Crippen molar-refractivity contribution >= 4 is 35.1 Å². The molecule has 2 aromatic heterocycles. The van der Waals surface area contributed by atoms with E-state index < -0.39 is 5.60 Å². The van der Waals surface area contributed by atoms with Gasteiger partial charge in [-0.1, -0.05) is 0 Å². The number of anilines is 3. The second-order valence-corrected chi connectivity index (χ2v) is 10.7. The lowest BCUT2D eigenvalue weighted by atomic mass is 9.78. The standard InChI is InChI=1S/C23H34ClN7O2/c1-22(2,3)33-21(32)30-10-6-8-23(15-30)9-7-17(11-23)29(5)20-19(13-25-16-26-20)31(24)18-12-27-28(4)14-18/h12-14,16-17H,6-11,15H2,1-5H3. The van der Waals surface area contributed by atoms with Crippen LogP contribution in [0.1, 0.15) is 52.9 Å². The molecule has 2 unspecified atom stereocenters. The van der Waals surface area contributed by atoms with Gasteiger partial charge in [-0.3, -0.25) is 4.68 Å². The number of hydrogen-bond donors (Lipinski definition) is 0. The zero-order valence-electron chi connectivity index (χ0n) is 20.2. The smallest absolute Gasteiger partial charge is 0.410 e. The van der Waals surface area contributed by atoms with Gasteiger partial charge in [0.15, 0.2) is 5.82 Å². The summed E-state index contributed by atoms with van der Waals surface area (Å²) >= 11 is 6.66. The van der Waals surface area contributed by atoms with E-state index in [0.717, 1.165) is 62.4 Å². The second kappa shape index (κ2) is 9.00. The van der Waals surface area contributed by atoms with Gasteiger partial charge in [0.05, 0.1) is 18.1 Å². The SMILES string of the molecule is CN(c1ncncc1N(Cl)c1cnn(C)c1)C1CCC2(CCCN(C(=O)OC(C)(C)C)C2)C1. The van der Waals surface area contributed by atoms with Crippen LogP contribution in [0.25, 0.3) is 0 Å². The Labute approximate surface area is 200 Å². The number of ether oxygens (including phenoxy) is 1. The summed E-state index contributed by atoms with van der Waals surface area (Å²) in [4.78, 5) is 25.6. The molecule has 9 nitrogen and oxygen atoms in total. The summed E-state index contributed by atoms with van der Waals surface area (Å²) in [6, 6.07) is 0.302. The van der Waals surface area contributed by atoms with E-state index in [-0.39, 0.29) is 11.5 Å². The first-order valence-electron chi connectivity index (χ1n) is 11.5. The number of carbonyl (C=O) groups is 1. The zero-order valence-corrected chi connectivity index (χ0v) is 20.9. The topological polar surface area (TPSA) is 79.6 Å². The molecule has 1 saturated heterocycles. The predicted octanol–water partition coefficient (Wildman–Crippen LogP) is 4.51. The molecule has 2 atom stereocenters. The maximum absolute atomic E-state index is 12.7. The largest absolute Gasteiger partial charge is 0.444 e. The predicted molar refractivity (Wildman–Crippen MR) is 129 cm³/mol. The average Bonchev–Trinajstić information content (AvgIpc) is 3.38. The summed E-state index contributed by atoms with van der Waals surface area (Å²) in [6.07, 6.45) is 11.9. The Morgan fingerprint density at radius 1 is 1.30 bits per heavy atom. The van der Waals surface area contributed by atoms with Gasteiger partial charge in [-0.2, -0.15) is 5.10 Å². The van der Waals surface area contributed by atoms with Crippen LogP contribution in [0.15, 0.2) is 24.9 Å². The van der Waals surface area contributed by atoms with Crippen LogP contribution in [0.4, 0.5) is 22.0 Å². The van der Waals surface area contributed by atoms with Crippen molar-refractivity contribution < 1.29 is 9.53 Å². The molecular formula is C23H34ClN7O2. The summed E-state index contributed by atoms with van der Waals surface area (Å²) in [5, 5.41) is 4.21. The Balaban J connectivity index is 1.48. The molecule has 0 aromatic carbocycles. The van der Waals surface area contributed by atoms with Crippen molar-refractivity contribution in [3.05, 3.63) is 24.9 Å². The highest BCUT2D eigenvalue weighted by molar-refractivity contribution is 6.30. The number of hydrogen-bond acceptors (Lipinski definition) is 7. The normalized spacial score (nSPS) is 23.1. The molecular weight excluding hydrogens is 442 g/mol. The molecule has 2 aromatic rings. The Morgan fingerprint density at radius 2 is 2.09 bits per heavy atom. The van der Waals surface area contributed by atoms with Crippen LogP contribution in [-0.2, 0) is 11.8 Å². The van der Waals surface area contributed by atoms with Crippen LogP contribution in [0.2, 0.25) is 0 Å². The number of nitrogens with zero attached hydrogens (tertiary/aromatic N) is 7. The van der Waals surface area contributed by atoms with Crippen molar-refractivity contribution in [2.45, 2.75) is 64.5 Å². The molecule has 1 amide bonds. The highest BCUT2D eigenvalue weighted by atomic mass is 35.5. The Bertz CT molecular complexity index is 991. The minimum Gasteiger partial charge on any atom is -0.444 e. The molecule has 1 aliphatic carbocycles. The van der Waals surface area contributed by atoms with E-state index >= 15 is 0 Å². The number of aromatic nitrogens is 4. The first kappa shape index (κ1) is 23.6. The summed E-state index contributed by atoms with van der Waals surface area (Å²) in [7, 11) is 3.92. The van der Waals surface area contributed by atoms with Crippen LogP contribution in [-0.4, -0.2) is 62.5 Å². The fourth-order valence-electron chi connectivity index (χ4n) is 5.12. The van der Waals surface area contributed by atoms with E-state index in [0.29, 0.717) is 6.04 Å². The van der Waals surface area contributed by atoms with Gasteiger partial charge >= 0.3 is 6.09 Å². The van der Waals surface area contributed by atoms with E-state index in [4.69, 9.17) is 16.5 Å². The van der Waals surface area contributed by atoms with Gasteiger partial charge in [-0.15, -0.1) is 0 Å². The highest BCUT2D eigenvalue weighted by Crippen LogP contribution is 2.48. The molecule has 10 heteroatoms. The number of aryl methyl sites for hydroxylation is 1.